The number of likely N-dealkylation sites (tertiary alicyclic amines) is 1. The molecule has 1 aliphatic rings. The Balaban J connectivity index is 1.84. The second kappa shape index (κ2) is 8.01. The van der Waals surface area contributed by atoms with E-state index in [-0.39, 0.29) is 5.91 Å². The van der Waals surface area contributed by atoms with E-state index in [0.29, 0.717) is 17.3 Å². The summed E-state index contributed by atoms with van der Waals surface area (Å²) in [5.74, 6) is 2.00. The number of hydrogen-bond acceptors (Lipinski definition) is 4. The van der Waals surface area contributed by atoms with Crippen LogP contribution in [0, 0.1) is 5.92 Å². The van der Waals surface area contributed by atoms with Crippen molar-refractivity contribution in [3.05, 3.63) is 48.2 Å². The van der Waals surface area contributed by atoms with Crippen molar-refractivity contribution in [3.63, 3.8) is 0 Å². The molecule has 1 fully saturated rings. The second-order valence-electron chi connectivity index (χ2n) is 6.55. The Bertz CT molecular complexity index is 732. The topological polar surface area (TPSA) is 54.5 Å². The summed E-state index contributed by atoms with van der Waals surface area (Å²) in [6.45, 7) is 3.88. The molecule has 0 spiro atoms. The number of rotatable bonds is 4. The van der Waals surface area contributed by atoms with Crippen LogP contribution in [-0.2, 0) is 0 Å². The number of ether oxygens (including phenoxy) is 1. The molecule has 1 saturated heterocycles. The number of methoxy groups -OCH3 is 1. The molecule has 1 aliphatic heterocycles. The number of para-hydroxylation sites is 2. The molecule has 1 N–H and O–H groups in total. The minimum absolute atomic E-state index is 0.0413. The first-order valence-electron chi connectivity index (χ1n) is 8.83. The van der Waals surface area contributed by atoms with Crippen LogP contribution in [-0.4, -0.2) is 36.0 Å². The summed E-state index contributed by atoms with van der Waals surface area (Å²) in [5, 5.41) is 3.25. The highest BCUT2D eigenvalue weighted by Crippen LogP contribution is 2.28. The van der Waals surface area contributed by atoms with E-state index >= 15 is 0 Å². The predicted octanol–water partition coefficient (Wildman–Crippen LogP) is 4.10. The van der Waals surface area contributed by atoms with E-state index in [1.165, 1.54) is 6.42 Å². The van der Waals surface area contributed by atoms with E-state index < -0.39 is 0 Å². The van der Waals surface area contributed by atoms with Crippen molar-refractivity contribution >= 4 is 17.4 Å². The van der Waals surface area contributed by atoms with Crippen LogP contribution in [0.25, 0.3) is 0 Å². The highest BCUT2D eigenvalue weighted by molar-refractivity contribution is 5.99. The zero-order valence-electron chi connectivity index (χ0n) is 14.9. The molecule has 2 aromatic rings. The first kappa shape index (κ1) is 17.3. The van der Waals surface area contributed by atoms with Crippen LogP contribution in [0.4, 0.5) is 11.5 Å². The first-order chi connectivity index (χ1) is 12.2. The van der Waals surface area contributed by atoms with Crippen LogP contribution in [0.5, 0.6) is 5.75 Å². The van der Waals surface area contributed by atoms with Gasteiger partial charge in [0.2, 0.25) is 0 Å². The third-order valence-corrected chi connectivity index (χ3v) is 4.70. The van der Waals surface area contributed by atoms with Crippen molar-refractivity contribution in [1.29, 1.82) is 0 Å². The molecule has 132 valence electrons. The zero-order valence-corrected chi connectivity index (χ0v) is 14.9. The Hall–Kier alpha value is -2.56. The Morgan fingerprint density at radius 3 is 2.88 bits per heavy atom. The molecule has 25 heavy (non-hydrogen) atoms. The second-order valence-corrected chi connectivity index (χ2v) is 6.55. The minimum Gasteiger partial charge on any atom is -0.495 e. The lowest BCUT2D eigenvalue weighted by atomic mass is 10.0. The fraction of sp³-hybridized carbons (Fsp3) is 0.400. The summed E-state index contributed by atoms with van der Waals surface area (Å²) in [6.07, 6.45) is 4.99. The van der Waals surface area contributed by atoms with Crippen LogP contribution in [0.15, 0.2) is 42.6 Å². The normalized spacial score (nSPS) is 17.7. The van der Waals surface area contributed by atoms with Gasteiger partial charge in [-0.25, -0.2) is 4.98 Å². The molecule has 3 rings (SSSR count). The Morgan fingerprint density at radius 1 is 1.20 bits per heavy atom. The standard InChI is InChI=1S/C20H25N3O2/c1-15-7-6-13-23(14-11-15)20(24)16-8-5-12-21-19(16)22-17-9-3-4-10-18(17)25-2/h3-5,8-10,12,15H,6-7,11,13-14H2,1-2H3,(H,21,22). The van der Waals surface area contributed by atoms with Gasteiger partial charge < -0.3 is 15.0 Å². The third-order valence-electron chi connectivity index (χ3n) is 4.70. The SMILES string of the molecule is COc1ccccc1Nc1ncccc1C(=O)N1CCCC(C)CC1. The van der Waals surface area contributed by atoms with Crippen LogP contribution in [0.2, 0.25) is 0 Å². The van der Waals surface area contributed by atoms with Crippen LogP contribution < -0.4 is 10.1 Å². The zero-order chi connectivity index (χ0) is 17.6. The molecule has 1 aromatic heterocycles. The lowest BCUT2D eigenvalue weighted by molar-refractivity contribution is 0.0761. The molecule has 0 bridgehead atoms. The number of carbonyl (C=O) groups excluding carboxylic acids is 1. The first-order valence-corrected chi connectivity index (χ1v) is 8.83. The van der Waals surface area contributed by atoms with E-state index in [1.807, 2.05) is 35.2 Å². The van der Waals surface area contributed by atoms with Gasteiger partial charge in [-0.1, -0.05) is 19.1 Å². The summed E-state index contributed by atoms with van der Waals surface area (Å²) in [4.78, 5) is 19.4. The van der Waals surface area contributed by atoms with Crippen molar-refractivity contribution in [2.24, 2.45) is 5.92 Å². The van der Waals surface area contributed by atoms with Crippen molar-refractivity contribution in [2.45, 2.75) is 26.2 Å². The van der Waals surface area contributed by atoms with Crippen molar-refractivity contribution in [3.8, 4) is 5.75 Å². The lowest BCUT2D eigenvalue weighted by Crippen LogP contribution is -2.32. The molecule has 1 aromatic carbocycles. The average Bonchev–Trinajstić information content (AvgIpc) is 2.86. The van der Waals surface area contributed by atoms with Crippen molar-refractivity contribution in [2.75, 3.05) is 25.5 Å². The van der Waals surface area contributed by atoms with E-state index in [4.69, 9.17) is 4.74 Å². The van der Waals surface area contributed by atoms with Crippen molar-refractivity contribution < 1.29 is 9.53 Å². The molecule has 0 saturated carbocycles. The van der Waals surface area contributed by atoms with Gasteiger partial charge in [-0.15, -0.1) is 0 Å². The van der Waals surface area contributed by atoms with Gasteiger partial charge in [-0.05, 0) is 49.4 Å². The molecule has 5 heteroatoms. The van der Waals surface area contributed by atoms with Crippen molar-refractivity contribution in [1.82, 2.24) is 9.88 Å². The maximum absolute atomic E-state index is 13.0. The van der Waals surface area contributed by atoms with Gasteiger partial charge in [0.15, 0.2) is 0 Å². The van der Waals surface area contributed by atoms with Crippen LogP contribution in [0.1, 0.15) is 36.5 Å². The number of pyridine rings is 1. The summed E-state index contributed by atoms with van der Waals surface area (Å²) >= 11 is 0. The molecule has 0 radical (unpaired) electrons. The predicted molar refractivity (Wildman–Crippen MR) is 99.4 cm³/mol. The van der Waals surface area contributed by atoms with E-state index in [1.54, 1.807) is 19.4 Å². The highest BCUT2D eigenvalue weighted by atomic mass is 16.5. The molecule has 1 atom stereocenters. The maximum atomic E-state index is 13.0. The monoisotopic (exact) mass is 339 g/mol. The van der Waals surface area contributed by atoms with Gasteiger partial charge in [0.05, 0.1) is 18.4 Å². The van der Waals surface area contributed by atoms with Crippen LogP contribution >= 0.6 is 0 Å². The minimum atomic E-state index is 0.0413. The number of aromatic nitrogens is 1. The van der Waals surface area contributed by atoms with Crippen LogP contribution in [0.3, 0.4) is 0 Å². The number of carbonyl (C=O) groups is 1. The molecule has 5 nitrogen and oxygen atoms in total. The average molecular weight is 339 g/mol. The van der Waals surface area contributed by atoms with E-state index in [0.717, 1.165) is 37.4 Å². The number of amides is 1. The van der Waals surface area contributed by atoms with Gasteiger partial charge in [-0.2, -0.15) is 0 Å². The lowest BCUT2D eigenvalue weighted by Gasteiger charge is -2.22. The van der Waals surface area contributed by atoms with Gasteiger partial charge in [-0.3, -0.25) is 4.79 Å². The van der Waals surface area contributed by atoms with Gasteiger partial charge in [0, 0.05) is 19.3 Å². The molecule has 1 unspecified atom stereocenters. The quantitative estimate of drug-likeness (QED) is 0.911. The molecule has 1 amide bonds. The molecular formula is C20H25N3O2. The maximum Gasteiger partial charge on any atom is 0.257 e. The largest absolute Gasteiger partial charge is 0.495 e. The Kier molecular flexibility index (Phi) is 5.53. The fourth-order valence-electron chi connectivity index (χ4n) is 3.19. The van der Waals surface area contributed by atoms with Gasteiger partial charge in [0.25, 0.3) is 5.91 Å². The number of nitrogens with zero attached hydrogens (tertiary/aromatic N) is 2. The molecule has 0 aliphatic carbocycles. The summed E-state index contributed by atoms with van der Waals surface area (Å²) in [6, 6.07) is 11.3. The number of nitrogens with one attached hydrogen (secondary N) is 1. The summed E-state index contributed by atoms with van der Waals surface area (Å²) < 4.78 is 5.38. The van der Waals surface area contributed by atoms with Gasteiger partial charge >= 0.3 is 0 Å². The summed E-state index contributed by atoms with van der Waals surface area (Å²) in [7, 11) is 1.63. The highest BCUT2D eigenvalue weighted by Gasteiger charge is 2.22. The number of hydrogen-bond donors (Lipinski definition) is 1. The number of anilines is 2. The summed E-state index contributed by atoms with van der Waals surface area (Å²) in [5.41, 5.74) is 1.39. The Morgan fingerprint density at radius 2 is 2.04 bits per heavy atom. The fourth-order valence-corrected chi connectivity index (χ4v) is 3.19. The molecular weight excluding hydrogens is 314 g/mol. The smallest absolute Gasteiger partial charge is 0.257 e. The van der Waals surface area contributed by atoms with E-state index in [2.05, 4.69) is 17.2 Å². The number of benzene rings is 1. The Labute approximate surface area is 149 Å². The van der Waals surface area contributed by atoms with Gasteiger partial charge in [0.1, 0.15) is 11.6 Å². The molecule has 2 heterocycles. The van der Waals surface area contributed by atoms with E-state index in [9.17, 15) is 4.79 Å². The third kappa shape index (κ3) is 4.10.